The maximum absolute atomic E-state index is 12.8. The number of hydrogen-bond acceptors (Lipinski definition) is 5. The van der Waals surface area contributed by atoms with Crippen LogP contribution in [0.3, 0.4) is 0 Å². The minimum absolute atomic E-state index is 0.100. The van der Waals surface area contributed by atoms with Crippen molar-refractivity contribution >= 4 is 43.9 Å². The fourth-order valence-electron chi connectivity index (χ4n) is 3.03. The van der Waals surface area contributed by atoms with Crippen LogP contribution in [0.4, 0.5) is 5.69 Å². The lowest BCUT2D eigenvalue weighted by atomic mass is 10.1. The Morgan fingerprint density at radius 2 is 2.12 bits per heavy atom. The van der Waals surface area contributed by atoms with Crippen LogP contribution in [0.25, 0.3) is 10.9 Å². The van der Waals surface area contributed by atoms with E-state index in [9.17, 15) is 18.3 Å². The first-order valence-corrected chi connectivity index (χ1v) is 9.94. The first kappa shape index (κ1) is 16.1. The number of carboxylic acids is 1. The third-order valence-corrected chi connectivity index (χ3v) is 7.29. The topological polar surface area (TPSA) is 111 Å². The van der Waals surface area contributed by atoms with E-state index in [4.69, 9.17) is 0 Å². The smallest absolute Gasteiger partial charge is 0.338 e. The SMILES string of the molecule is O=C(O)c1c(S(=O)(=O)Nc2ccc3[nH]ccc3c2)sc2c1CCNC2. The average molecular weight is 377 g/mol. The number of anilines is 1. The van der Waals surface area contributed by atoms with Gasteiger partial charge < -0.3 is 15.4 Å². The van der Waals surface area contributed by atoms with E-state index in [1.54, 1.807) is 24.4 Å². The second kappa shape index (κ2) is 5.87. The van der Waals surface area contributed by atoms with E-state index in [-0.39, 0.29) is 9.77 Å². The molecule has 3 aromatic rings. The fourth-order valence-corrected chi connectivity index (χ4v) is 5.95. The molecule has 0 aliphatic carbocycles. The number of carboxylic acid groups (broad SMARTS) is 1. The number of sulfonamides is 1. The zero-order valence-corrected chi connectivity index (χ0v) is 14.6. The molecule has 2 aromatic heterocycles. The van der Waals surface area contributed by atoms with Crippen LogP contribution >= 0.6 is 11.3 Å². The van der Waals surface area contributed by atoms with Crippen LogP contribution < -0.4 is 10.0 Å². The molecule has 25 heavy (non-hydrogen) atoms. The monoisotopic (exact) mass is 377 g/mol. The van der Waals surface area contributed by atoms with Gasteiger partial charge in [-0.25, -0.2) is 13.2 Å². The molecule has 9 heteroatoms. The first-order valence-electron chi connectivity index (χ1n) is 7.64. The minimum atomic E-state index is -3.99. The molecule has 0 unspecified atom stereocenters. The number of hydrogen-bond donors (Lipinski definition) is 4. The van der Waals surface area contributed by atoms with E-state index >= 15 is 0 Å². The Hall–Kier alpha value is -2.36. The molecule has 0 radical (unpaired) electrons. The molecule has 0 amide bonds. The van der Waals surface area contributed by atoms with Crippen molar-refractivity contribution in [3.8, 4) is 0 Å². The van der Waals surface area contributed by atoms with Gasteiger partial charge in [0.1, 0.15) is 0 Å². The summed E-state index contributed by atoms with van der Waals surface area (Å²) < 4.78 is 28.0. The van der Waals surface area contributed by atoms with Gasteiger partial charge in [-0.3, -0.25) is 4.72 Å². The number of benzene rings is 1. The Balaban J connectivity index is 1.77. The Labute approximate surface area is 147 Å². The molecule has 0 atom stereocenters. The van der Waals surface area contributed by atoms with Crippen LogP contribution in [-0.2, 0) is 23.0 Å². The van der Waals surface area contributed by atoms with Gasteiger partial charge in [0, 0.05) is 34.2 Å². The lowest BCUT2D eigenvalue weighted by Gasteiger charge is -2.12. The second-order valence-electron chi connectivity index (χ2n) is 5.78. The highest BCUT2D eigenvalue weighted by Crippen LogP contribution is 2.35. The van der Waals surface area contributed by atoms with E-state index in [1.165, 1.54) is 0 Å². The van der Waals surface area contributed by atoms with Crippen LogP contribution in [0.5, 0.6) is 0 Å². The summed E-state index contributed by atoms with van der Waals surface area (Å²) in [5.41, 5.74) is 1.81. The van der Waals surface area contributed by atoms with Gasteiger partial charge in [-0.2, -0.15) is 0 Å². The molecule has 4 N–H and O–H groups in total. The molecule has 0 saturated heterocycles. The molecule has 0 bridgehead atoms. The molecular weight excluding hydrogens is 362 g/mol. The molecule has 7 nitrogen and oxygen atoms in total. The Morgan fingerprint density at radius 3 is 2.92 bits per heavy atom. The highest BCUT2D eigenvalue weighted by molar-refractivity contribution is 7.94. The number of H-pyrrole nitrogens is 1. The molecule has 0 spiro atoms. The minimum Gasteiger partial charge on any atom is -0.478 e. The summed E-state index contributed by atoms with van der Waals surface area (Å²) in [6.07, 6.45) is 2.28. The number of aromatic carboxylic acids is 1. The van der Waals surface area contributed by atoms with Gasteiger partial charge in [-0.05, 0) is 42.8 Å². The van der Waals surface area contributed by atoms with Crippen molar-refractivity contribution in [2.75, 3.05) is 11.3 Å². The lowest BCUT2D eigenvalue weighted by Crippen LogP contribution is -2.23. The van der Waals surface area contributed by atoms with Crippen LogP contribution in [0.1, 0.15) is 20.8 Å². The van der Waals surface area contributed by atoms with Crippen molar-refractivity contribution in [1.82, 2.24) is 10.3 Å². The normalized spacial score (nSPS) is 14.4. The summed E-state index contributed by atoms with van der Waals surface area (Å²) in [6.45, 7) is 1.13. The first-order chi connectivity index (χ1) is 12.0. The molecule has 0 fully saturated rings. The predicted octanol–water partition coefficient (Wildman–Crippen LogP) is 2.37. The summed E-state index contributed by atoms with van der Waals surface area (Å²) >= 11 is 1.02. The molecule has 1 aliphatic heterocycles. The summed E-state index contributed by atoms with van der Waals surface area (Å²) in [4.78, 5) is 15.5. The van der Waals surface area contributed by atoms with Gasteiger partial charge in [0.15, 0.2) is 4.21 Å². The highest BCUT2D eigenvalue weighted by atomic mass is 32.2. The number of thiophene rings is 1. The molecule has 0 saturated carbocycles. The zero-order valence-electron chi connectivity index (χ0n) is 13.0. The zero-order chi connectivity index (χ0) is 17.6. The lowest BCUT2D eigenvalue weighted by molar-refractivity contribution is 0.0692. The number of carbonyl (C=O) groups is 1. The molecule has 3 heterocycles. The van der Waals surface area contributed by atoms with Crippen LogP contribution in [0, 0.1) is 0 Å². The van der Waals surface area contributed by atoms with E-state index in [0.717, 1.165) is 27.1 Å². The van der Waals surface area contributed by atoms with Crippen molar-refractivity contribution in [3.05, 3.63) is 46.5 Å². The number of fused-ring (bicyclic) bond motifs is 2. The van der Waals surface area contributed by atoms with Crippen LogP contribution in [0.15, 0.2) is 34.7 Å². The van der Waals surface area contributed by atoms with Gasteiger partial charge in [0.05, 0.1) is 5.56 Å². The standard InChI is InChI=1S/C16H15N3O4S2/c20-15(21)14-11-4-5-17-8-13(11)24-16(14)25(22,23)19-10-1-2-12-9(7-10)3-6-18-12/h1-3,6-7,17-19H,4-5,8H2,(H,20,21). The summed E-state index contributed by atoms with van der Waals surface area (Å²) in [7, 11) is -3.99. The summed E-state index contributed by atoms with van der Waals surface area (Å²) in [5.74, 6) is -1.21. The molecular formula is C16H15N3O4S2. The number of aromatic nitrogens is 1. The van der Waals surface area contributed by atoms with Crippen molar-refractivity contribution in [1.29, 1.82) is 0 Å². The van der Waals surface area contributed by atoms with Crippen molar-refractivity contribution in [3.63, 3.8) is 0 Å². The number of nitrogens with one attached hydrogen (secondary N) is 3. The maximum atomic E-state index is 12.8. The largest absolute Gasteiger partial charge is 0.478 e. The third kappa shape index (κ3) is 2.80. The molecule has 1 aromatic carbocycles. The van der Waals surface area contributed by atoms with E-state index in [0.29, 0.717) is 30.8 Å². The molecule has 4 rings (SSSR count). The van der Waals surface area contributed by atoms with Gasteiger partial charge in [0.25, 0.3) is 10.0 Å². The third-order valence-electron chi connectivity index (χ3n) is 4.16. The highest BCUT2D eigenvalue weighted by Gasteiger charge is 2.32. The number of rotatable bonds is 4. The maximum Gasteiger partial charge on any atom is 0.338 e. The van der Waals surface area contributed by atoms with Gasteiger partial charge in [-0.1, -0.05) is 0 Å². The molecule has 130 valence electrons. The van der Waals surface area contributed by atoms with Crippen LogP contribution in [-0.4, -0.2) is 31.0 Å². The Morgan fingerprint density at radius 1 is 1.28 bits per heavy atom. The summed E-state index contributed by atoms with van der Waals surface area (Å²) in [5, 5.41) is 13.5. The van der Waals surface area contributed by atoms with Gasteiger partial charge in [0.2, 0.25) is 0 Å². The quantitative estimate of drug-likeness (QED) is 0.558. The van der Waals surface area contributed by atoms with E-state index < -0.39 is 16.0 Å². The Bertz CT molecular complexity index is 1080. The second-order valence-corrected chi connectivity index (χ2v) is 8.77. The van der Waals surface area contributed by atoms with E-state index in [2.05, 4.69) is 15.0 Å². The van der Waals surface area contributed by atoms with Crippen LogP contribution in [0.2, 0.25) is 0 Å². The van der Waals surface area contributed by atoms with Crippen molar-refractivity contribution in [2.24, 2.45) is 0 Å². The van der Waals surface area contributed by atoms with Gasteiger partial charge in [-0.15, -0.1) is 11.3 Å². The fraction of sp³-hybridized carbons (Fsp3) is 0.188. The predicted molar refractivity (Wildman–Crippen MR) is 95.8 cm³/mol. The Kier molecular flexibility index (Phi) is 3.78. The average Bonchev–Trinajstić information content (AvgIpc) is 3.18. The molecule has 1 aliphatic rings. The van der Waals surface area contributed by atoms with Crippen molar-refractivity contribution < 1.29 is 18.3 Å². The van der Waals surface area contributed by atoms with Crippen molar-refractivity contribution in [2.45, 2.75) is 17.2 Å². The van der Waals surface area contributed by atoms with Gasteiger partial charge >= 0.3 is 5.97 Å². The summed E-state index contributed by atoms with van der Waals surface area (Å²) in [6, 6.07) is 6.96. The number of aromatic amines is 1. The van der Waals surface area contributed by atoms with E-state index in [1.807, 2.05) is 6.07 Å².